The predicted octanol–water partition coefficient (Wildman–Crippen LogP) is 3.82. The van der Waals surface area contributed by atoms with Gasteiger partial charge >= 0.3 is 11.9 Å². The van der Waals surface area contributed by atoms with E-state index < -0.39 is 49.9 Å². The Balaban J connectivity index is 1.86. The van der Waals surface area contributed by atoms with Crippen LogP contribution in [0.1, 0.15) is 18.0 Å². The van der Waals surface area contributed by atoms with E-state index in [9.17, 15) is 27.9 Å². The molecule has 33 heavy (non-hydrogen) atoms. The summed E-state index contributed by atoms with van der Waals surface area (Å²) in [6.45, 7) is -1.66. The molecule has 0 bridgehead atoms. The second-order valence-electron chi connectivity index (χ2n) is 7.15. The standard InChI is InChI=1S/C21H19Cl2F3N4O3/c22-15-6-4-13(5-7-15)19-28-30(20(33)29(19)9-8-21(24,25)26)11-18(32)27-17(12-31)14-2-1-3-16(23)10-14/h1-7,10,17,31H,8-9,11-12H2,(H,27,32). The van der Waals surface area contributed by atoms with Gasteiger partial charge in [0.25, 0.3) is 0 Å². The molecule has 0 aliphatic heterocycles. The Bertz CT molecular complexity index is 1180. The van der Waals surface area contributed by atoms with Gasteiger partial charge in [-0.05, 0) is 42.0 Å². The first-order chi connectivity index (χ1) is 15.6. The Morgan fingerprint density at radius 3 is 2.42 bits per heavy atom. The summed E-state index contributed by atoms with van der Waals surface area (Å²) in [5, 5.41) is 17.1. The van der Waals surface area contributed by atoms with Crippen LogP contribution in [0.25, 0.3) is 11.4 Å². The van der Waals surface area contributed by atoms with Crippen molar-refractivity contribution in [1.29, 1.82) is 0 Å². The molecule has 0 fully saturated rings. The van der Waals surface area contributed by atoms with Crippen LogP contribution in [-0.4, -0.2) is 38.1 Å². The van der Waals surface area contributed by atoms with E-state index >= 15 is 0 Å². The molecule has 0 spiro atoms. The molecule has 2 aromatic carbocycles. The molecule has 1 unspecified atom stereocenters. The first-order valence-electron chi connectivity index (χ1n) is 9.73. The molecule has 0 aliphatic carbocycles. The molecule has 1 aromatic heterocycles. The van der Waals surface area contributed by atoms with Gasteiger partial charge in [-0.2, -0.15) is 13.2 Å². The number of alkyl halides is 3. The topological polar surface area (TPSA) is 89.2 Å². The number of amides is 1. The van der Waals surface area contributed by atoms with E-state index in [4.69, 9.17) is 23.2 Å². The van der Waals surface area contributed by atoms with Crippen molar-refractivity contribution >= 4 is 29.1 Å². The van der Waals surface area contributed by atoms with Crippen LogP contribution in [0.3, 0.4) is 0 Å². The lowest BCUT2D eigenvalue weighted by atomic mass is 10.1. The summed E-state index contributed by atoms with van der Waals surface area (Å²) >= 11 is 11.8. The number of aliphatic hydroxyl groups is 1. The summed E-state index contributed by atoms with van der Waals surface area (Å²) in [5.74, 6) is -0.693. The van der Waals surface area contributed by atoms with Gasteiger partial charge in [-0.15, -0.1) is 5.10 Å². The average molecular weight is 503 g/mol. The lowest BCUT2D eigenvalue weighted by Gasteiger charge is -2.16. The molecule has 2 N–H and O–H groups in total. The number of rotatable bonds is 8. The van der Waals surface area contributed by atoms with Gasteiger partial charge in [-0.3, -0.25) is 9.36 Å². The van der Waals surface area contributed by atoms with Gasteiger partial charge in [-0.1, -0.05) is 35.3 Å². The van der Waals surface area contributed by atoms with Crippen LogP contribution in [-0.2, 0) is 17.9 Å². The zero-order chi connectivity index (χ0) is 24.2. The first-order valence-corrected chi connectivity index (χ1v) is 10.5. The summed E-state index contributed by atoms with van der Waals surface area (Å²) in [6.07, 6.45) is -5.73. The summed E-state index contributed by atoms with van der Waals surface area (Å²) in [4.78, 5) is 25.3. The fourth-order valence-electron chi connectivity index (χ4n) is 3.13. The van der Waals surface area contributed by atoms with Crippen molar-refractivity contribution in [1.82, 2.24) is 19.7 Å². The molecule has 176 valence electrons. The van der Waals surface area contributed by atoms with E-state index in [0.717, 1.165) is 9.25 Å². The molecule has 7 nitrogen and oxygen atoms in total. The Labute approximate surface area is 196 Å². The summed E-state index contributed by atoms with van der Waals surface area (Å²) < 4.78 is 40.0. The van der Waals surface area contributed by atoms with Crippen LogP contribution in [0.4, 0.5) is 13.2 Å². The smallest absolute Gasteiger partial charge is 0.390 e. The van der Waals surface area contributed by atoms with Gasteiger partial charge in [0.05, 0.1) is 19.1 Å². The fraction of sp³-hybridized carbons (Fsp3) is 0.286. The van der Waals surface area contributed by atoms with E-state index in [2.05, 4.69) is 10.4 Å². The number of hydrogen-bond donors (Lipinski definition) is 2. The molecule has 1 heterocycles. The number of carbonyl (C=O) groups is 1. The van der Waals surface area contributed by atoms with E-state index in [-0.39, 0.29) is 5.82 Å². The van der Waals surface area contributed by atoms with Gasteiger partial charge in [0.1, 0.15) is 6.54 Å². The molecule has 3 rings (SSSR count). The number of aromatic nitrogens is 3. The van der Waals surface area contributed by atoms with Crippen LogP contribution in [0.2, 0.25) is 10.0 Å². The van der Waals surface area contributed by atoms with Crippen molar-refractivity contribution < 1.29 is 23.1 Å². The number of benzene rings is 2. The number of hydrogen-bond acceptors (Lipinski definition) is 4. The molecule has 0 radical (unpaired) electrons. The van der Waals surface area contributed by atoms with Gasteiger partial charge in [0.2, 0.25) is 5.91 Å². The van der Waals surface area contributed by atoms with Gasteiger partial charge in [0.15, 0.2) is 5.82 Å². The van der Waals surface area contributed by atoms with Crippen molar-refractivity contribution in [2.75, 3.05) is 6.61 Å². The first kappa shape index (κ1) is 24.8. The number of carbonyl (C=O) groups excluding carboxylic acids is 1. The summed E-state index contributed by atoms with van der Waals surface area (Å²) in [6, 6.07) is 11.8. The molecular weight excluding hydrogens is 484 g/mol. The number of halogens is 5. The molecule has 0 aliphatic rings. The molecule has 3 aromatic rings. The van der Waals surface area contributed by atoms with E-state index in [1.165, 1.54) is 24.3 Å². The van der Waals surface area contributed by atoms with Crippen LogP contribution >= 0.6 is 23.2 Å². The number of nitrogens with zero attached hydrogens (tertiary/aromatic N) is 3. The van der Waals surface area contributed by atoms with E-state index in [1.807, 2.05) is 0 Å². The number of nitrogens with one attached hydrogen (secondary N) is 1. The average Bonchev–Trinajstić information content (AvgIpc) is 3.05. The maximum Gasteiger partial charge on any atom is 0.390 e. The van der Waals surface area contributed by atoms with Crippen LogP contribution in [0, 0.1) is 0 Å². The Morgan fingerprint density at radius 2 is 1.82 bits per heavy atom. The highest BCUT2D eigenvalue weighted by Gasteiger charge is 2.28. The minimum absolute atomic E-state index is 0.0257. The monoisotopic (exact) mass is 502 g/mol. The maximum absolute atomic E-state index is 12.8. The highest BCUT2D eigenvalue weighted by molar-refractivity contribution is 6.30. The molecule has 12 heteroatoms. The minimum atomic E-state index is -4.48. The zero-order valence-electron chi connectivity index (χ0n) is 17.0. The van der Waals surface area contributed by atoms with Crippen LogP contribution < -0.4 is 11.0 Å². The van der Waals surface area contributed by atoms with Crippen LogP contribution in [0.15, 0.2) is 53.3 Å². The third-order valence-corrected chi connectivity index (χ3v) is 5.19. The quantitative estimate of drug-likeness (QED) is 0.490. The third kappa shape index (κ3) is 6.59. The van der Waals surface area contributed by atoms with E-state index in [0.29, 0.717) is 21.2 Å². The summed E-state index contributed by atoms with van der Waals surface area (Å²) in [7, 11) is 0. The Morgan fingerprint density at radius 1 is 1.12 bits per heavy atom. The normalized spacial score (nSPS) is 12.5. The fourth-order valence-corrected chi connectivity index (χ4v) is 3.46. The molecular formula is C21H19Cl2F3N4O3. The van der Waals surface area contributed by atoms with E-state index in [1.54, 1.807) is 24.3 Å². The SMILES string of the molecule is O=C(Cn1nc(-c2ccc(Cl)cc2)n(CCC(F)(F)F)c1=O)NC(CO)c1cccc(Cl)c1. The highest BCUT2D eigenvalue weighted by atomic mass is 35.5. The van der Waals surface area contributed by atoms with Crippen LogP contribution in [0.5, 0.6) is 0 Å². The Kier molecular flexibility index (Phi) is 7.83. The zero-order valence-corrected chi connectivity index (χ0v) is 18.5. The minimum Gasteiger partial charge on any atom is -0.394 e. The third-order valence-electron chi connectivity index (χ3n) is 4.71. The van der Waals surface area contributed by atoms with Gasteiger partial charge in [-0.25, -0.2) is 9.48 Å². The van der Waals surface area contributed by atoms with Gasteiger partial charge in [0, 0.05) is 22.2 Å². The predicted molar refractivity (Wildman–Crippen MR) is 117 cm³/mol. The largest absolute Gasteiger partial charge is 0.394 e. The number of aliphatic hydroxyl groups excluding tert-OH is 1. The molecule has 0 saturated heterocycles. The highest BCUT2D eigenvalue weighted by Crippen LogP contribution is 2.23. The molecule has 0 saturated carbocycles. The molecule has 1 amide bonds. The summed E-state index contributed by atoms with van der Waals surface area (Å²) in [5.41, 5.74) is 0.0379. The van der Waals surface area contributed by atoms with Crippen molar-refractivity contribution in [3.63, 3.8) is 0 Å². The Hall–Kier alpha value is -2.82. The second-order valence-corrected chi connectivity index (χ2v) is 8.02. The lowest BCUT2D eigenvalue weighted by molar-refractivity contribution is -0.136. The molecule has 1 atom stereocenters. The van der Waals surface area contributed by atoms with Crippen molar-refractivity contribution in [3.8, 4) is 11.4 Å². The second kappa shape index (κ2) is 10.4. The van der Waals surface area contributed by atoms with Crippen molar-refractivity contribution in [2.45, 2.75) is 31.7 Å². The lowest BCUT2D eigenvalue weighted by Crippen LogP contribution is -2.37. The maximum atomic E-state index is 12.8. The van der Waals surface area contributed by atoms with Crippen molar-refractivity contribution in [2.24, 2.45) is 0 Å². The van der Waals surface area contributed by atoms with Gasteiger partial charge < -0.3 is 10.4 Å². The van der Waals surface area contributed by atoms with Crippen molar-refractivity contribution in [3.05, 3.63) is 74.6 Å².